The molecule has 92 valence electrons. The second-order valence-electron chi connectivity index (χ2n) is 6.04. The molecule has 3 heteroatoms. The molecule has 17 heavy (non-hydrogen) atoms. The Morgan fingerprint density at radius 1 is 1.12 bits per heavy atom. The van der Waals surface area contributed by atoms with E-state index in [9.17, 15) is 4.79 Å². The molecule has 4 rings (SSSR count). The van der Waals surface area contributed by atoms with E-state index in [4.69, 9.17) is 10.00 Å². The third-order valence-electron chi connectivity index (χ3n) is 4.85. The number of carbonyl (C=O) groups excluding carboxylic acids is 1. The van der Waals surface area contributed by atoms with E-state index in [2.05, 4.69) is 0 Å². The van der Waals surface area contributed by atoms with E-state index in [1.54, 1.807) is 0 Å². The number of hydrogen-bond donors (Lipinski definition) is 0. The van der Waals surface area contributed by atoms with Gasteiger partial charge in [0.25, 0.3) is 0 Å². The van der Waals surface area contributed by atoms with Gasteiger partial charge in [0.05, 0.1) is 12.5 Å². The van der Waals surface area contributed by atoms with Crippen molar-refractivity contribution in [3.8, 4) is 6.07 Å². The number of nitrogens with zero attached hydrogens (tertiary/aromatic N) is 1. The predicted molar refractivity (Wildman–Crippen MR) is 61.8 cm³/mol. The molecule has 0 aromatic rings. The highest BCUT2D eigenvalue weighted by molar-refractivity contribution is 5.69. The number of rotatable bonds is 3. The van der Waals surface area contributed by atoms with Gasteiger partial charge in [0, 0.05) is 6.42 Å². The molecule has 4 fully saturated rings. The first-order chi connectivity index (χ1) is 8.26. The minimum absolute atomic E-state index is 0.163. The van der Waals surface area contributed by atoms with Gasteiger partial charge in [-0.2, -0.15) is 5.26 Å². The number of ether oxygens (including phenoxy) is 1. The van der Waals surface area contributed by atoms with Crippen LogP contribution in [0.25, 0.3) is 0 Å². The number of hydrogen-bond acceptors (Lipinski definition) is 3. The third kappa shape index (κ3) is 2.06. The third-order valence-corrected chi connectivity index (χ3v) is 4.85. The van der Waals surface area contributed by atoms with Crippen LogP contribution in [0.2, 0.25) is 0 Å². The van der Waals surface area contributed by atoms with E-state index >= 15 is 0 Å². The molecule has 0 spiro atoms. The van der Waals surface area contributed by atoms with E-state index in [1.165, 1.54) is 32.1 Å². The standard InChI is InChI=1S/C14H19NO2/c15-3-1-2-13(16)17-14-11-5-9-4-10(7-11)8-12(14)6-9/h9-12,14H,1-2,4-8H2. The lowest BCUT2D eigenvalue weighted by molar-refractivity contribution is -0.170. The number of esters is 1. The highest BCUT2D eigenvalue weighted by Gasteiger charge is 2.49. The first-order valence-electron chi connectivity index (χ1n) is 6.82. The molecule has 0 unspecified atom stereocenters. The molecule has 4 aliphatic carbocycles. The van der Waals surface area contributed by atoms with E-state index in [0.717, 1.165) is 11.8 Å². The summed E-state index contributed by atoms with van der Waals surface area (Å²) in [4.78, 5) is 11.6. The average Bonchev–Trinajstić information content (AvgIpc) is 2.30. The molecule has 3 nitrogen and oxygen atoms in total. The maximum Gasteiger partial charge on any atom is 0.307 e. The summed E-state index contributed by atoms with van der Waals surface area (Å²) in [6.07, 6.45) is 7.21. The summed E-state index contributed by atoms with van der Waals surface area (Å²) in [6, 6.07) is 2.00. The minimum Gasteiger partial charge on any atom is -0.462 e. The molecule has 0 radical (unpaired) electrons. The van der Waals surface area contributed by atoms with Crippen LogP contribution in [0.15, 0.2) is 0 Å². The molecule has 0 heterocycles. The lowest BCUT2D eigenvalue weighted by atomic mass is 9.55. The van der Waals surface area contributed by atoms with Crippen molar-refractivity contribution in [1.82, 2.24) is 0 Å². The second kappa shape index (κ2) is 4.33. The van der Waals surface area contributed by atoms with Crippen LogP contribution in [0.5, 0.6) is 0 Å². The van der Waals surface area contributed by atoms with Crippen LogP contribution in [0.1, 0.15) is 44.9 Å². The maximum atomic E-state index is 11.6. The SMILES string of the molecule is N#CCCC(=O)OC1C2CC3CC(C2)CC1C3. The zero-order chi connectivity index (χ0) is 11.8. The summed E-state index contributed by atoms with van der Waals surface area (Å²) in [7, 11) is 0. The zero-order valence-corrected chi connectivity index (χ0v) is 10.1. The van der Waals surface area contributed by atoms with Gasteiger partial charge in [-0.1, -0.05) is 0 Å². The molecule has 0 amide bonds. The Morgan fingerprint density at radius 2 is 1.71 bits per heavy atom. The summed E-state index contributed by atoms with van der Waals surface area (Å²) < 4.78 is 5.64. The van der Waals surface area contributed by atoms with Crippen molar-refractivity contribution in [1.29, 1.82) is 5.26 Å². The van der Waals surface area contributed by atoms with Crippen LogP contribution in [-0.2, 0) is 9.53 Å². The number of nitriles is 1. The van der Waals surface area contributed by atoms with Crippen molar-refractivity contribution in [2.45, 2.75) is 51.0 Å². The summed E-state index contributed by atoms with van der Waals surface area (Å²) in [5, 5.41) is 8.47. The normalized spacial score (nSPS) is 42.2. The van der Waals surface area contributed by atoms with Gasteiger partial charge >= 0.3 is 5.97 Å². The van der Waals surface area contributed by atoms with Gasteiger partial charge in [0.1, 0.15) is 6.10 Å². The smallest absolute Gasteiger partial charge is 0.307 e. The van der Waals surface area contributed by atoms with Crippen LogP contribution in [0.4, 0.5) is 0 Å². The Morgan fingerprint density at radius 3 is 2.24 bits per heavy atom. The molecule has 0 aliphatic heterocycles. The molecule has 0 saturated heterocycles. The molecule has 0 N–H and O–H groups in total. The van der Waals surface area contributed by atoms with Crippen molar-refractivity contribution < 1.29 is 9.53 Å². The maximum absolute atomic E-state index is 11.6. The second-order valence-corrected chi connectivity index (χ2v) is 6.04. The van der Waals surface area contributed by atoms with Crippen molar-refractivity contribution >= 4 is 5.97 Å². The highest BCUT2D eigenvalue weighted by atomic mass is 16.5. The molecule has 0 atom stereocenters. The largest absolute Gasteiger partial charge is 0.462 e. The van der Waals surface area contributed by atoms with Crippen LogP contribution in [0.3, 0.4) is 0 Å². The summed E-state index contributed by atoms with van der Waals surface area (Å²) >= 11 is 0. The van der Waals surface area contributed by atoms with Crippen molar-refractivity contribution in [3.05, 3.63) is 0 Å². The molecule has 0 aromatic heterocycles. The lowest BCUT2D eigenvalue weighted by Gasteiger charge is -2.53. The van der Waals surface area contributed by atoms with Crippen LogP contribution in [-0.4, -0.2) is 12.1 Å². The fraction of sp³-hybridized carbons (Fsp3) is 0.857. The van der Waals surface area contributed by atoms with Crippen molar-refractivity contribution in [2.24, 2.45) is 23.7 Å². The van der Waals surface area contributed by atoms with Gasteiger partial charge in [-0.15, -0.1) is 0 Å². The molecule has 4 saturated carbocycles. The van der Waals surface area contributed by atoms with Crippen LogP contribution < -0.4 is 0 Å². The average molecular weight is 233 g/mol. The Bertz CT molecular complexity index is 330. The van der Waals surface area contributed by atoms with Gasteiger partial charge in [-0.3, -0.25) is 4.79 Å². The quantitative estimate of drug-likeness (QED) is 0.704. The highest BCUT2D eigenvalue weighted by Crippen LogP contribution is 2.54. The number of carbonyl (C=O) groups is 1. The summed E-state index contributed by atoms with van der Waals surface area (Å²) in [6.45, 7) is 0. The topological polar surface area (TPSA) is 50.1 Å². The van der Waals surface area contributed by atoms with Gasteiger partial charge in [-0.05, 0) is 55.8 Å². The van der Waals surface area contributed by atoms with Gasteiger partial charge in [0.2, 0.25) is 0 Å². The monoisotopic (exact) mass is 233 g/mol. The zero-order valence-electron chi connectivity index (χ0n) is 10.1. The van der Waals surface area contributed by atoms with Crippen LogP contribution >= 0.6 is 0 Å². The van der Waals surface area contributed by atoms with E-state index in [1.807, 2.05) is 6.07 Å². The minimum atomic E-state index is -0.163. The molecule has 0 aromatic carbocycles. The van der Waals surface area contributed by atoms with E-state index in [-0.39, 0.29) is 24.9 Å². The van der Waals surface area contributed by atoms with E-state index in [0.29, 0.717) is 11.8 Å². The lowest BCUT2D eigenvalue weighted by Crippen LogP contribution is -2.50. The fourth-order valence-electron chi connectivity index (χ4n) is 4.44. The Kier molecular flexibility index (Phi) is 2.82. The van der Waals surface area contributed by atoms with Crippen LogP contribution in [0, 0.1) is 35.0 Å². The predicted octanol–water partition coefficient (Wildman–Crippen LogP) is 2.66. The van der Waals surface area contributed by atoms with Crippen molar-refractivity contribution in [2.75, 3.05) is 0 Å². The molecule has 4 aliphatic rings. The van der Waals surface area contributed by atoms with Gasteiger partial charge < -0.3 is 4.74 Å². The van der Waals surface area contributed by atoms with Gasteiger partial charge in [0.15, 0.2) is 0 Å². The Labute approximate surface area is 102 Å². The van der Waals surface area contributed by atoms with Gasteiger partial charge in [-0.25, -0.2) is 0 Å². The van der Waals surface area contributed by atoms with Crippen molar-refractivity contribution in [3.63, 3.8) is 0 Å². The van der Waals surface area contributed by atoms with E-state index < -0.39 is 0 Å². The fourth-order valence-corrected chi connectivity index (χ4v) is 4.44. The summed E-state index contributed by atoms with van der Waals surface area (Å²) in [5.74, 6) is 2.90. The first-order valence-corrected chi connectivity index (χ1v) is 6.82. The molecular formula is C14H19NO2. The molecular weight excluding hydrogens is 214 g/mol. The Hall–Kier alpha value is -1.04. The summed E-state index contributed by atoms with van der Waals surface area (Å²) in [5.41, 5.74) is 0. The first kappa shape index (κ1) is 11.1. The Balaban J connectivity index is 1.61. The molecule has 4 bridgehead atoms.